The number of rotatable bonds is 2. The minimum atomic E-state index is -0.889. The SMILES string of the molecule is C=C=C(c1ccccc1)[C@@H](O)C#Cc1ccccc1. The van der Waals surface area contributed by atoms with Crippen LogP contribution < -0.4 is 0 Å². The van der Waals surface area contributed by atoms with Crippen LogP contribution in [0.1, 0.15) is 11.1 Å². The van der Waals surface area contributed by atoms with Crippen LogP contribution >= 0.6 is 0 Å². The highest BCUT2D eigenvalue weighted by molar-refractivity contribution is 5.70. The molecule has 0 aliphatic carbocycles. The Morgan fingerprint density at radius 2 is 1.53 bits per heavy atom. The van der Waals surface area contributed by atoms with E-state index in [2.05, 4.69) is 24.2 Å². The summed E-state index contributed by atoms with van der Waals surface area (Å²) in [5.41, 5.74) is 5.12. The molecule has 19 heavy (non-hydrogen) atoms. The van der Waals surface area contributed by atoms with Crippen molar-refractivity contribution < 1.29 is 5.11 Å². The summed E-state index contributed by atoms with van der Waals surface area (Å²) in [6.45, 7) is 3.62. The van der Waals surface area contributed by atoms with E-state index in [9.17, 15) is 5.11 Å². The summed E-state index contributed by atoms with van der Waals surface area (Å²) in [6.07, 6.45) is -0.889. The largest absolute Gasteiger partial charge is 0.375 e. The van der Waals surface area contributed by atoms with Gasteiger partial charge in [-0.15, -0.1) is 5.73 Å². The molecule has 2 aromatic carbocycles. The van der Waals surface area contributed by atoms with Gasteiger partial charge in [-0.1, -0.05) is 67.0 Å². The molecule has 0 aliphatic heterocycles. The average Bonchev–Trinajstić information content (AvgIpc) is 2.48. The van der Waals surface area contributed by atoms with Crippen LogP contribution in [0, 0.1) is 11.8 Å². The Morgan fingerprint density at radius 3 is 2.11 bits per heavy atom. The van der Waals surface area contributed by atoms with Crippen molar-refractivity contribution in [3.05, 3.63) is 84.1 Å². The Balaban J connectivity index is 2.23. The normalized spacial score (nSPS) is 10.8. The van der Waals surface area contributed by atoms with Crippen LogP contribution in [0.5, 0.6) is 0 Å². The summed E-state index contributed by atoms with van der Waals surface area (Å²) in [6, 6.07) is 19.1. The van der Waals surface area contributed by atoms with Crippen LogP contribution in [0.3, 0.4) is 0 Å². The van der Waals surface area contributed by atoms with Crippen molar-refractivity contribution in [3.63, 3.8) is 0 Å². The molecule has 92 valence electrons. The van der Waals surface area contributed by atoms with Gasteiger partial charge >= 0.3 is 0 Å². The van der Waals surface area contributed by atoms with Crippen LogP contribution in [0.25, 0.3) is 5.57 Å². The maximum Gasteiger partial charge on any atom is 0.148 e. The van der Waals surface area contributed by atoms with Gasteiger partial charge in [0.05, 0.1) is 0 Å². The third-order valence-corrected chi connectivity index (χ3v) is 2.68. The lowest BCUT2D eigenvalue weighted by molar-refractivity contribution is 0.289. The first-order valence-electron chi connectivity index (χ1n) is 6.01. The van der Waals surface area contributed by atoms with Crippen LogP contribution in [0.2, 0.25) is 0 Å². The predicted octanol–water partition coefficient (Wildman–Crippen LogP) is 3.27. The Bertz CT molecular complexity index is 638. The molecule has 1 N–H and O–H groups in total. The highest BCUT2D eigenvalue weighted by atomic mass is 16.3. The molecular formula is C18H14O. The van der Waals surface area contributed by atoms with Gasteiger partial charge in [-0.3, -0.25) is 0 Å². The molecule has 0 saturated carbocycles. The summed E-state index contributed by atoms with van der Waals surface area (Å²) in [4.78, 5) is 0. The van der Waals surface area contributed by atoms with Gasteiger partial charge in [0.15, 0.2) is 0 Å². The molecule has 2 rings (SSSR count). The molecule has 0 bridgehead atoms. The lowest BCUT2D eigenvalue weighted by Gasteiger charge is -2.06. The van der Waals surface area contributed by atoms with E-state index in [1.54, 1.807) is 0 Å². The minimum absolute atomic E-state index is 0.601. The van der Waals surface area contributed by atoms with Crippen molar-refractivity contribution in [2.24, 2.45) is 0 Å². The van der Waals surface area contributed by atoms with Crippen molar-refractivity contribution >= 4 is 5.57 Å². The van der Waals surface area contributed by atoms with E-state index < -0.39 is 6.10 Å². The quantitative estimate of drug-likeness (QED) is 0.637. The van der Waals surface area contributed by atoms with Gasteiger partial charge in [-0.2, -0.15) is 0 Å². The van der Waals surface area contributed by atoms with Gasteiger partial charge in [0.1, 0.15) is 6.10 Å². The zero-order valence-electron chi connectivity index (χ0n) is 10.5. The number of hydrogen-bond acceptors (Lipinski definition) is 1. The summed E-state index contributed by atoms with van der Waals surface area (Å²) in [5, 5.41) is 10.1. The minimum Gasteiger partial charge on any atom is -0.375 e. The van der Waals surface area contributed by atoms with Crippen LogP contribution in [-0.2, 0) is 0 Å². The highest BCUT2D eigenvalue weighted by Crippen LogP contribution is 2.16. The molecule has 0 fully saturated rings. The first kappa shape index (κ1) is 12.9. The van der Waals surface area contributed by atoms with Crippen molar-refractivity contribution in [3.8, 4) is 11.8 Å². The maximum atomic E-state index is 10.1. The van der Waals surface area contributed by atoms with E-state index in [4.69, 9.17) is 0 Å². The molecule has 0 aliphatic rings. The lowest BCUT2D eigenvalue weighted by atomic mass is 10.0. The first-order valence-corrected chi connectivity index (χ1v) is 6.01. The molecule has 0 heterocycles. The van der Waals surface area contributed by atoms with Crippen LogP contribution in [0.15, 0.2) is 73.0 Å². The highest BCUT2D eigenvalue weighted by Gasteiger charge is 2.08. The predicted molar refractivity (Wildman–Crippen MR) is 78.3 cm³/mol. The summed E-state index contributed by atoms with van der Waals surface area (Å²) in [7, 11) is 0. The molecule has 1 heteroatoms. The third-order valence-electron chi connectivity index (χ3n) is 2.68. The van der Waals surface area contributed by atoms with Crippen LogP contribution in [0.4, 0.5) is 0 Å². The van der Waals surface area contributed by atoms with Gasteiger partial charge in [-0.25, -0.2) is 0 Å². The van der Waals surface area contributed by atoms with E-state index in [1.165, 1.54) is 0 Å². The second-order valence-corrected chi connectivity index (χ2v) is 3.99. The molecule has 0 aromatic heterocycles. The molecule has 1 atom stereocenters. The topological polar surface area (TPSA) is 20.2 Å². The Kier molecular flexibility index (Phi) is 4.37. The second-order valence-electron chi connectivity index (χ2n) is 3.99. The molecular weight excluding hydrogens is 232 g/mol. The summed E-state index contributed by atoms with van der Waals surface area (Å²) >= 11 is 0. The Labute approximate surface area is 113 Å². The fourth-order valence-electron chi connectivity index (χ4n) is 1.72. The van der Waals surface area contributed by atoms with E-state index in [0.717, 1.165) is 11.1 Å². The maximum absolute atomic E-state index is 10.1. The smallest absolute Gasteiger partial charge is 0.148 e. The summed E-state index contributed by atoms with van der Waals surface area (Å²) < 4.78 is 0. The van der Waals surface area contributed by atoms with Gasteiger partial charge < -0.3 is 5.11 Å². The molecule has 0 unspecified atom stereocenters. The van der Waals surface area contributed by atoms with Crippen LogP contribution in [-0.4, -0.2) is 11.2 Å². The van der Waals surface area contributed by atoms with E-state index >= 15 is 0 Å². The van der Waals surface area contributed by atoms with Crippen molar-refractivity contribution in [2.75, 3.05) is 0 Å². The zero-order chi connectivity index (χ0) is 13.5. The van der Waals surface area contributed by atoms with Crippen molar-refractivity contribution in [1.82, 2.24) is 0 Å². The zero-order valence-corrected chi connectivity index (χ0v) is 10.5. The monoisotopic (exact) mass is 246 g/mol. The molecule has 0 radical (unpaired) electrons. The molecule has 0 spiro atoms. The average molecular weight is 246 g/mol. The number of aliphatic hydroxyl groups is 1. The van der Waals surface area contributed by atoms with Gasteiger partial charge in [0, 0.05) is 11.1 Å². The lowest BCUT2D eigenvalue weighted by Crippen LogP contribution is -2.05. The number of benzene rings is 2. The standard InChI is InChI=1S/C18H14O/c1-2-17(16-11-7-4-8-12-16)18(19)14-13-15-9-5-3-6-10-15/h3-12,18-19H,1H2/t18-/m0/s1. The Hall–Kier alpha value is -2.52. The summed E-state index contributed by atoms with van der Waals surface area (Å²) in [5.74, 6) is 5.75. The third kappa shape index (κ3) is 3.47. The van der Waals surface area contributed by atoms with E-state index in [1.807, 2.05) is 60.7 Å². The molecule has 0 amide bonds. The first-order chi connectivity index (χ1) is 9.31. The van der Waals surface area contributed by atoms with Gasteiger partial charge in [-0.05, 0) is 17.7 Å². The molecule has 0 saturated heterocycles. The number of aliphatic hydroxyl groups excluding tert-OH is 1. The van der Waals surface area contributed by atoms with Gasteiger partial charge in [0.25, 0.3) is 0 Å². The number of hydrogen-bond donors (Lipinski definition) is 1. The Morgan fingerprint density at radius 1 is 0.947 bits per heavy atom. The fraction of sp³-hybridized carbons (Fsp3) is 0.0556. The van der Waals surface area contributed by atoms with E-state index in [0.29, 0.717) is 5.57 Å². The van der Waals surface area contributed by atoms with Gasteiger partial charge in [0.2, 0.25) is 0 Å². The molecule has 2 aromatic rings. The van der Waals surface area contributed by atoms with Crippen molar-refractivity contribution in [2.45, 2.75) is 6.10 Å². The van der Waals surface area contributed by atoms with Crippen molar-refractivity contribution in [1.29, 1.82) is 0 Å². The second kappa shape index (κ2) is 6.42. The molecule has 1 nitrogen and oxygen atoms in total. The van der Waals surface area contributed by atoms with E-state index in [-0.39, 0.29) is 0 Å². The fourth-order valence-corrected chi connectivity index (χ4v) is 1.72.